The lowest BCUT2D eigenvalue weighted by Gasteiger charge is -2.34. The molecule has 0 fully saturated rings. The van der Waals surface area contributed by atoms with Crippen molar-refractivity contribution >= 4 is 48.6 Å². The first-order valence-corrected chi connectivity index (χ1v) is 21.3. The first-order chi connectivity index (χ1) is 29.1. The maximum Gasteiger partial charge on any atom is 0.0546 e. The molecule has 0 amide bonds. The molecule has 1 nitrogen and oxygen atoms in total. The third-order valence-corrected chi connectivity index (χ3v) is 13.5. The minimum absolute atomic E-state index is 0.236. The molecule has 59 heavy (non-hydrogen) atoms. The fourth-order valence-corrected chi connectivity index (χ4v) is 10.9. The Morgan fingerprint density at radius 2 is 0.932 bits per heavy atom. The van der Waals surface area contributed by atoms with Crippen LogP contribution in [0.3, 0.4) is 0 Å². The van der Waals surface area contributed by atoms with Crippen LogP contribution in [0.4, 0.5) is 17.1 Å². The number of thiophene rings is 1. The first kappa shape index (κ1) is 35.2. The number of hydrogen-bond acceptors (Lipinski definition) is 2. The fraction of sp³-hybridized carbons (Fsp3) is 0.0526. The van der Waals surface area contributed by atoms with Crippen LogP contribution in [0.15, 0.2) is 212 Å². The lowest BCUT2D eigenvalue weighted by atomic mass is 9.81. The number of benzene rings is 9. The van der Waals surface area contributed by atoms with Gasteiger partial charge in [-0.2, -0.15) is 0 Å². The van der Waals surface area contributed by atoms with E-state index in [1.807, 2.05) is 11.3 Å². The van der Waals surface area contributed by atoms with E-state index in [4.69, 9.17) is 0 Å². The average molecular weight is 772 g/mol. The van der Waals surface area contributed by atoms with E-state index < -0.39 is 0 Å². The maximum atomic E-state index is 2.56. The second-order valence-electron chi connectivity index (χ2n) is 16.0. The molecule has 2 heteroatoms. The van der Waals surface area contributed by atoms with Gasteiger partial charge in [-0.05, 0) is 91.5 Å². The Bertz CT molecular complexity index is 3190. The van der Waals surface area contributed by atoms with Crippen molar-refractivity contribution in [2.75, 3.05) is 4.90 Å². The predicted molar refractivity (Wildman–Crippen MR) is 253 cm³/mol. The van der Waals surface area contributed by atoms with Gasteiger partial charge in [-0.1, -0.05) is 196 Å². The van der Waals surface area contributed by atoms with E-state index in [1.165, 1.54) is 92.6 Å². The molecule has 0 saturated heterocycles. The summed E-state index contributed by atoms with van der Waals surface area (Å²) in [5, 5.41) is 2.62. The van der Waals surface area contributed by atoms with E-state index in [0.29, 0.717) is 0 Å². The summed E-state index contributed by atoms with van der Waals surface area (Å²) in [6.07, 6.45) is 0. The number of hydrogen-bond donors (Lipinski definition) is 0. The lowest BCUT2D eigenvalue weighted by Crippen LogP contribution is -2.21. The Morgan fingerprint density at radius 1 is 0.390 bits per heavy atom. The minimum atomic E-state index is -0.236. The third kappa shape index (κ3) is 5.74. The van der Waals surface area contributed by atoms with Gasteiger partial charge in [0.15, 0.2) is 0 Å². The van der Waals surface area contributed by atoms with Gasteiger partial charge in [0.2, 0.25) is 0 Å². The van der Waals surface area contributed by atoms with Crippen molar-refractivity contribution in [1.82, 2.24) is 0 Å². The molecular formula is C57H41NS. The molecule has 280 valence electrons. The summed E-state index contributed by atoms with van der Waals surface area (Å²) in [6, 6.07) is 78.1. The van der Waals surface area contributed by atoms with Crippen molar-refractivity contribution in [1.29, 1.82) is 0 Å². The van der Waals surface area contributed by atoms with Crippen molar-refractivity contribution in [3.8, 4) is 55.6 Å². The van der Waals surface area contributed by atoms with E-state index in [-0.39, 0.29) is 5.41 Å². The second kappa shape index (κ2) is 14.1. The van der Waals surface area contributed by atoms with Crippen molar-refractivity contribution in [3.63, 3.8) is 0 Å². The van der Waals surface area contributed by atoms with Crippen LogP contribution in [-0.2, 0) is 5.41 Å². The smallest absolute Gasteiger partial charge is 0.0546 e. The molecule has 0 unspecified atom stereocenters. The summed E-state index contributed by atoms with van der Waals surface area (Å²) in [5.74, 6) is 0. The molecule has 0 bridgehead atoms. The average Bonchev–Trinajstić information content (AvgIpc) is 3.79. The quantitative estimate of drug-likeness (QED) is 0.156. The molecule has 10 aromatic rings. The van der Waals surface area contributed by atoms with Crippen LogP contribution >= 0.6 is 11.3 Å². The standard InChI is InChI=1S/C57H41NS/c1-57(2)50-33-13-11-26-45(50)48-31-18-35-52(55(48)57)58(41-24-15-23-40(37-41)44-30-16-32-49-46-27-12-14-36-53(46)59-56(44)49)51-34-17-29-43(39-21-7-4-8-22-39)54(51)47-28-10-9-25-42(47)38-19-5-3-6-20-38/h3-37H,1-2H3. The van der Waals surface area contributed by atoms with Crippen molar-refractivity contribution < 1.29 is 0 Å². The third-order valence-electron chi connectivity index (χ3n) is 12.3. The summed E-state index contributed by atoms with van der Waals surface area (Å²) in [7, 11) is 0. The Balaban J connectivity index is 1.23. The van der Waals surface area contributed by atoms with Crippen LogP contribution in [0.25, 0.3) is 75.8 Å². The highest BCUT2D eigenvalue weighted by Gasteiger charge is 2.39. The van der Waals surface area contributed by atoms with Gasteiger partial charge in [0, 0.05) is 36.8 Å². The molecule has 11 rings (SSSR count). The molecule has 1 aliphatic carbocycles. The highest BCUT2D eigenvalue weighted by Crippen LogP contribution is 2.56. The van der Waals surface area contributed by atoms with Gasteiger partial charge in [-0.3, -0.25) is 0 Å². The summed E-state index contributed by atoms with van der Waals surface area (Å²) < 4.78 is 2.63. The van der Waals surface area contributed by atoms with Crippen LogP contribution in [0, 0.1) is 0 Å². The Kier molecular flexibility index (Phi) is 8.43. The summed E-state index contributed by atoms with van der Waals surface area (Å²) >= 11 is 1.88. The molecule has 0 N–H and O–H groups in total. The Morgan fingerprint density at radius 3 is 1.73 bits per heavy atom. The fourth-order valence-electron chi connectivity index (χ4n) is 9.64. The highest BCUT2D eigenvalue weighted by molar-refractivity contribution is 7.26. The Hall–Kier alpha value is -7.00. The van der Waals surface area contributed by atoms with Gasteiger partial charge in [-0.25, -0.2) is 0 Å². The van der Waals surface area contributed by atoms with E-state index in [2.05, 4.69) is 231 Å². The zero-order valence-corrected chi connectivity index (χ0v) is 33.9. The van der Waals surface area contributed by atoms with Crippen LogP contribution in [0.2, 0.25) is 0 Å². The molecule has 9 aromatic carbocycles. The van der Waals surface area contributed by atoms with Crippen molar-refractivity contribution in [2.45, 2.75) is 19.3 Å². The molecule has 0 saturated carbocycles. The van der Waals surface area contributed by atoms with Crippen LogP contribution in [-0.4, -0.2) is 0 Å². The lowest BCUT2D eigenvalue weighted by molar-refractivity contribution is 0.661. The number of nitrogens with zero attached hydrogens (tertiary/aromatic N) is 1. The molecular weight excluding hydrogens is 731 g/mol. The number of fused-ring (bicyclic) bond motifs is 6. The zero-order valence-electron chi connectivity index (χ0n) is 33.1. The monoisotopic (exact) mass is 771 g/mol. The molecule has 0 atom stereocenters. The largest absolute Gasteiger partial charge is 0.309 e. The SMILES string of the molecule is CC1(C)c2ccccc2-c2cccc(N(c3cccc(-c4cccc5c4sc4ccccc45)c3)c3cccc(-c4ccccc4)c3-c3ccccc3-c3ccccc3)c21. The number of anilines is 3. The summed E-state index contributed by atoms with van der Waals surface area (Å²) in [6.45, 7) is 4.79. The predicted octanol–water partition coefficient (Wildman–Crippen LogP) is 16.5. The topological polar surface area (TPSA) is 3.24 Å². The molecule has 1 aliphatic rings. The van der Waals surface area contributed by atoms with E-state index in [1.54, 1.807) is 0 Å². The second-order valence-corrected chi connectivity index (χ2v) is 17.1. The van der Waals surface area contributed by atoms with Crippen LogP contribution < -0.4 is 4.90 Å². The van der Waals surface area contributed by atoms with Gasteiger partial charge >= 0.3 is 0 Å². The molecule has 0 radical (unpaired) electrons. The Labute approximate surface area is 350 Å². The van der Waals surface area contributed by atoms with Crippen molar-refractivity contribution in [2.24, 2.45) is 0 Å². The molecule has 1 aromatic heterocycles. The van der Waals surface area contributed by atoms with Gasteiger partial charge in [0.05, 0.1) is 11.4 Å². The van der Waals surface area contributed by atoms with Crippen molar-refractivity contribution in [3.05, 3.63) is 223 Å². The summed E-state index contributed by atoms with van der Waals surface area (Å²) in [5.41, 5.74) is 18.1. The van der Waals surface area contributed by atoms with Gasteiger partial charge in [0.1, 0.15) is 0 Å². The van der Waals surface area contributed by atoms with Crippen LogP contribution in [0.1, 0.15) is 25.0 Å². The van der Waals surface area contributed by atoms with E-state index in [0.717, 1.165) is 11.4 Å². The normalized spacial score (nSPS) is 12.7. The van der Waals surface area contributed by atoms with E-state index in [9.17, 15) is 0 Å². The van der Waals surface area contributed by atoms with Gasteiger partial charge in [0.25, 0.3) is 0 Å². The summed E-state index contributed by atoms with van der Waals surface area (Å²) in [4.78, 5) is 2.56. The first-order valence-electron chi connectivity index (χ1n) is 20.4. The molecule has 0 spiro atoms. The minimum Gasteiger partial charge on any atom is -0.309 e. The van der Waals surface area contributed by atoms with Gasteiger partial charge in [-0.15, -0.1) is 11.3 Å². The van der Waals surface area contributed by atoms with Crippen LogP contribution in [0.5, 0.6) is 0 Å². The van der Waals surface area contributed by atoms with Gasteiger partial charge < -0.3 is 4.90 Å². The number of rotatable bonds is 7. The van der Waals surface area contributed by atoms with E-state index >= 15 is 0 Å². The molecule has 1 heterocycles. The zero-order chi connectivity index (χ0) is 39.5. The maximum absolute atomic E-state index is 2.56. The molecule has 0 aliphatic heterocycles. The highest BCUT2D eigenvalue weighted by atomic mass is 32.1.